The van der Waals surface area contributed by atoms with Gasteiger partial charge in [0, 0.05) is 4.24 Å². The fourth-order valence-corrected chi connectivity index (χ4v) is 5.13. The van der Waals surface area contributed by atoms with Crippen LogP contribution in [0.25, 0.3) is 5.57 Å². The molecule has 1 fully saturated rings. The molecule has 2 aliphatic rings. The van der Waals surface area contributed by atoms with Crippen molar-refractivity contribution < 1.29 is 4.74 Å². The van der Waals surface area contributed by atoms with Crippen LogP contribution in [0.2, 0.25) is 0 Å². The first kappa shape index (κ1) is 11.5. The van der Waals surface area contributed by atoms with Crippen LogP contribution in [0.3, 0.4) is 0 Å². The number of fused-ring (bicyclic) bond motifs is 1. The molecule has 3 heteroatoms. The Kier molecular flexibility index (Phi) is 3.39. The van der Waals surface area contributed by atoms with Crippen LogP contribution >= 0.6 is 23.5 Å². The molecule has 0 unspecified atom stereocenters. The summed E-state index contributed by atoms with van der Waals surface area (Å²) in [6.45, 7) is 0. The maximum Gasteiger partial charge on any atom is 0.119 e. The molecule has 1 aliphatic heterocycles. The van der Waals surface area contributed by atoms with Crippen LogP contribution in [0.4, 0.5) is 0 Å². The summed E-state index contributed by atoms with van der Waals surface area (Å²) in [5.74, 6) is 3.55. The number of methoxy groups -OCH3 is 1. The lowest BCUT2D eigenvalue weighted by Gasteiger charge is -2.16. The molecule has 0 N–H and O–H groups in total. The van der Waals surface area contributed by atoms with Gasteiger partial charge in [0.15, 0.2) is 0 Å². The number of hydrogen-bond acceptors (Lipinski definition) is 3. The van der Waals surface area contributed by atoms with Crippen molar-refractivity contribution in [2.24, 2.45) is 0 Å². The summed E-state index contributed by atoms with van der Waals surface area (Å²) in [5.41, 5.74) is 4.48. The molecule has 0 aromatic heterocycles. The molecule has 0 bridgehead atoms. The Morgan fingerprint density at radius 1 is 1.12 bits per heavy atom. The highest BCUT2D eigenvalue weighted by molar-refractivity contribution is 8.23. The van der Waals surface area contributed by atoms with Crippen molar-refractivity contribution in [3.8, 4) is 5.75 Å². The molecule has 1 nitrogen and oxygen atoms in total. The molecule has 1 aromatic carbocycles. The fraction of sp³-hybridized carbons (Fsp3) is 0.429. The molecular formula is C14H16OS2. The first-order valence-electron chi connectivity index (χ1n) is 6.04. The highest BCUT2D eigenvalue weighted by Gasteiger charge is 2.22. The van der Waals surface area contributed by atoms with Gasteiger partial charge in [0.05, 0.1) is 7.11 Å². The highest BCUT2D eigenvalue weighted by Crippen LogP contribution is 2.46. The minimum Gasteiger partial charge on any atom is -0.497 e. The average molecular weight is 264 g/mol. The second-order valence-corrected chi connectivity index (χ2v) is 6.81. The number of rotatable bonds is 1. The quantitative estimate of drug-likeness (QED) is 0.753. The molecule has 3 rings (SSSR count). The summed E-state index contributed by atoms with van der Waals surface area (Å²) < 4.78 is 6.90. The van der Waals surface area contributed by atoms with Crippen LogP contribution in [0.5, 0.6) is 5.75 Å². The SMILES string of the molecule is COc1ccc2c(c1)C(=C1SCCCS1)CC2. The summed E-state index contributed by atoms with van der Waals surface area (Å²) in [6, 6.07) is 6.51. The first-order valence-corrected chi connectivity index (χ1v) is 8.01. The van der Waals surface area contributed by atoms with Gasteiger partial charge in [-0.3, -0.25) is 0 Å². The van der Waals surface area contributed by atoms with Crippen molar-refractivity contribution in [3.05, 3.63) is 33.6 Å². The molecule has 0 saturated carbocycles. The van der Waals surface area contributed by atoms with Gasteiger partial charge < -0.3 is 4.74 Å². The van der Waals surface area contributed by atoms with Gasteiger partial charge in [-0.2, -0.15) is 0 Å². The lowest BCUT2D eigenvalue weighted by Crippen LogP contribution is -1.94. The number of hydrogen-bond donors (Lipinski definition) is 0. The summed E-state index contributed by atoms with van der Waals surface area (Å²) in [6.07, 6.45) is 3.74. The van der Waals surface area contributed by atoms with Gasteiger partial charge in [-0.1, -0.05) is 6.07 Å². The maximum atomic E-state index is 5.34. The van der Waals surface area contributed by atoms with Crippen LogP contribution in [-0.2, 0) is 6.42 Å². The number of allylic oxidation sites excluding steroid dienone is 1. The molecule has 0 spiro atoms. The topological polar surface area (TPSA) is 9.23 Å². The van der Waals surface area contributed by atoms with Crippen molar-refractivity contribution in [1.82, 2.24) is 0 Å². The van der Waals surface area contributed by atoms with Crippen LogP contribution in [0.15, 0.2) is 22.4 Å². The molecule has 0 radical (unpaired) electrons. The average Bonchev–Trinajstić information content (AvgIpc) is 2.82. The monoisotopic (exact) mass is 264 g/mol. The normalized spacial score (nSPS) is 19.4. The zero-order valence-corrected chi connectivity index (χ0v) is 11.6. The molecule has 90 valence electrons. The Bertz CT molecular complexity index is 457. The number of benzene rings is 1. The molecule has 17 heavy (non-hydrogen) atoms. The summed E-state index contributed by atoms with van der Waals surface area (Å²) in [5, 5.41) is 0. The minimum absolute atomic E-state index is 0.981. The minimum atomic E-state index is 0.981. The van der Waals surface area contributed by atoms with Crippen LogP contribution < -0.4 is 4.74 Å². The molecule has 1 saturated heterocycles. The van der Waals surface area contributed by atoms with Gasteiger partial charge in [0.25, 0.3) is 0 Å². The summed E-state index contributed by atoms with van der Waals surface area (Å²) in [7, 11) is 1.74. The van der Waals surface area contributed by atoms with E-state index in [4.69, 9.17) is 4.74 Å². The number of ether oxygens (including phenoxy) is 1. The maximum absolute atomic E-state index is 5.34. The molecule has 0 atom stereocenters. The van der Waals surface area contributed by atoms with Gasteiger partial charge in [0.2, 0.25) is 0 Å². The summed E-state index contributed by atoms with van der Waals surface area (Å²) >= 11 is 4.08. The standard InChI is InChI=1S/C14H16OS2/c1-15-11-5-3-10-4-6-12(13(10)9-11)14-16-7-2-8-17-14/h3,5,9H,2,4,6-8H2,1H3. The van der Waals surface area contributed by atoms with Crippen LogP contribution in [0, 0.1) is 0 Å². The highest BCUT2D eigenvalue weighted by atomic mass is 32.2. The van der Waals surface area contributed by atoms with Crippen molar-refractivity contribution in [3.63, 3.8) is 0 Å². The van der Waals surface area contributed by atoms with E-state index in [1.807, 2.05) is 23.5 Å². The van der Waals surface area contributed by atoms with E-state index in [-0.39, 0.29) is 0 Å². The lowest BCUT2D eigenvalue weighted by atomic mass is 10.1. The van der Waals surface area contributed by atoms with E-state index in [0.29, 0.717) is 0 Å². The fourth-order valence-electron chi connectivity index (χ4n) is 2.39. The van der Waals surface area contributed by atoms with Gasteiger partial charge in [-0.05, 0) is 59.6 Å². The molecule has 1 heterocycles. The van der Waals surface area contributed by atoms with Gasteiger partial charge >= 0.3 is 0 Å². The van der Waals surface area contributed by atoms with E-state index >= 15 is 0 Å². The Hall–Kier alpha value is -0.540. The van der Waals surface area contributed by atoms with Gasteiger partial charge in [-0.15, -0.1) is 23.5 Å². The molecule has 1 aromatic rings. The summed E-state index contributed by atoms with van der Waals surface area (Å²) in [4.78, 5) is 0. The van der Waals surface area contributed by atoms with E-state index in [0.717, 1.165) is 5.75 Å². The zero-order chi connectivity index (χ0) is 11.7. The third kappa shape index (κ3) is 2.23. The van der Waals surface area contributed by atoms with Gasteiger partial charge in [-0.25, -0.2) is 0 Å². The van der Waals surface area contributed by atoms with E-state index in [1.165, 1.54) is 41.9 Å². The second kappa shape index (κ2) is 4.99. The van der Waals surface area contributed by atoms with E-state index in [2.05, 4.69) is 18.2 Å². The van der Waals surface area contributed by atoms with Crippen molar-refractivity contribution in [1.29, 1.82) is 0 Å². The predicted molar refractivity (Wildman–Crippen MR) is 77.8 cm³/mol. The van der Waals surface area contributed by atoms with E-state index < -0.39 is 0 Å². The zero-order valence-electron chi connectivity index (χ0n) is 9.99. The molecule has 0 amide bonds. The van der Waals surface area contributed by atoms with Crippen LogP contribution in [-0.4, -0.2) is 18.6 Å². The third-order valence-electron chi connectivity index (χ3n) is 3.29. The third-order valence-corrected chi connectivity index (χ3v) is 6.00. The largest absolute Gasteiger partial charge is 0.497 e. The first-order chi connectivity index (χ1) is 8.38. The number of thioether (sulfide) groups is 2. The Labute approximate surface area is 111 Å². The lowest BCUT2D eigenvalue weighted by molar-refractivity contribution is 0.414. The Balaban J connectivity index is 2.01. The molecule has 1 aliphatic carbocycles. The van der Waals surface area contributed by atoms with Crippen molar-refractivity contribution >= 4 is 29.1 Å². The van der Waals surface area contributed by atoms with Crippen molar-refractivity contribution in [2.45, 2.75) is 19.3 Å². The molecular weight excluding hydrogens is 248 g/mol. The van der Waals surface area contributed by atoms with E-state index in [9.17, 15) is 0 Å². The Morgan fingerprint density at radius 3 is 2.71 bits per heavy atom. The smallest absolute Gasteiger partial charge is 0.119 e. The predicted octanol–water partition coefficient (Wildman–Crippen LogP) is 4.18. The number of aryl methyl sites for hydroxylation is 1. The Morgan fingerprint density at radius 2 is 1.94 bits per heavy atom. The second-order valence-electron chi connectivity index (χ2n) is 4.34. The van der Waals surface area contributed by atoms with Crippen LogP contribution in [0.1, 0.15) is 24.0 Å². The van der Waals surface area contributed by atoms with Gasteiger partial charge in [0.1, 0.15) is 5.75 Å². The van der Waals surface area contributed by atoms with Crippen molar-refractivity contribution in [2.75, 3.05) is 18.6 Å². The van der Waals surface area contributed by atoms with E-state index in [1.54, 1.807) is 16.9 Å².